The molecule has 0 saturated heterocycles. The van der Waals surface area contributed by atoms with Crippen molar-refractivity contribution in [1.29, 1.82) is 0 Å². The molecule has 0 unspecified atom stereocenters. The molecule has 0 saturated carbocycles. The third-order valence-corrected chi connectivity index (χ3v) is 5.24. The Hall–Kier alpha value is -2.93. The Balaban J connectivity index is 0.00000157. The van der Waals surface area contributed by atoms with Gasteiger partial charge in [0.05, 0.1) is 11.1 Å². The minimum absolute atomic E-state index is 0. The van der Waals surface area contributed by atoms with Crippen LogP contribution in [0, 0.1) is 13.1 Å². The van der Waals surface area contributed by atoms with Crippen molar-refractivity contribution in [2.75, 3.05) is 42.3 Å². The van der Waals surface area contributed by atoms with Crippen LogP contribution >= 0.6 is 0 Å². The largest absolute Gasteiger partial charge is 4.00 e. The second-order valence-corrected chi connectivity index (χ2v) is 8.78. The van der Waals surface area contributed by atoms with Gasteiger partial charge in [-0.3, -0.25) is 0 Å². The molecule has 1 heterocycles. The number of rotatable bonds is 3. The van der Waals surface area contributed by atoms with Gasteiger partial charge in [-0.15, -0.1) is 42.0 Å². The topological polar surface area (TPSA) is 62.3 Å². The zero-order chi connectivity index (χ0) is 31.9. The van der Waals surface area contributed by atoms with Crippen LogP contribution in [-0.4, -0.2) is 42.3 Å². The van der Waals surface area contributed by atoms with Gasteiger partial charge in [0, 0.05) is 12.1 Å². The summed E-state index contributed by atoms with van der Waals surface area (Å²) < 4.78 is 80.2. The van der Waals surface area contributed by atoms with E-state index >= 15 is 0 Å². The van der Waals surface area contributed by atoms with Gasteiger partial charge in [-0.2, -0.15) is 72.9 Å². The Morgan fingerprint density at radius 2 is 1.26 bits per heavy atom. The molecule has 0 amide bonds. The zero-order valence-electron chi connectivity index (χ0n) is 24.9. The van der Waals surface area contributed by atoms with Crippen LogP contribution in [0.25, 0.3) is 26.8 Å². The van der Waals surface area contributed by atoms with Crippen LogP contribution in [0.2, 0.25) is 0 Å². The molecule has 0 fully saturated rings. The zero-order valence-corrected chi connectivity index (χ0v) is 28.5. The first kappa shape index (κ1) is 40.1. The average molecular weight is 770 g/mol. The molecular weight excluding hydrogens is 735 g/mol. The van der Waals surface area contributed by atoms with Crippen molar-refractivity contribution < 1.29 is 56.4 Å². The fourth-order valence-electron chi connectivity index (χ4n) is 3.61. The van der Waals surface area contributed by atoms with Gasteiger partial charge in [-0.1, -0.05) is 29.8 Å². The number of aromatic nitrogens is 1. The smallest absolute Gasteiger partial charge is 0.676 e. The molecule has 1 aliphatic carbocycles. The first-order valence-corrected chi connectivity index (χ1v) is 12.5. The quantitative estimate of drug-likeness (QED) is 0.112. The van der Waals surface area contributed by atoms with Crippen molar-refractivity contribution in [2.24, 2.45) is 0 Å². The van der Waals surface area contributed by atoms with Gasteiger partial charge >= 0.3 is 38.2 Å². The van der Waals surface area contributed by atoms with Gasteiger partial charge in [-0.25, -0.2) is 0 Å². The number of hydrogen-bond acceptors (Lipinski definition) is 0. The van der Waals surface area contributed by atoms with Gasteiger partial charge in [0.15, 0.2) is 11.0 Å². The summed E-state index contributed by atoms with van der Waals surface area (Å²) in [7, 11) is 10.5. The molecule has 4 rings (SSSR count). The summed E-state index contributed by atoms with van der Waals surface area (Å²) in [5, 5.41) is 15.3. The Kier molecular flexibility index (Phi) is 18.0. The number of hydrogen-bond donors (Lipinski definition) is 0. The second kappa shape index (κ2) is 19.4. The van der Waals surface area contributed by atoms with E-state index in [2.05, 4.69) is 28.0 Å². The molecule has 1 aliphatic rings. The van der Waals surface area contributed by atoms with Crippen molar-refractivity contribution >= 4 is 11.3 Å². The normalized spacial score (nSPS) is 12.8. The standard InChI is InChI=1S/C25H17F6N2.3C2H6N.Hf/c1-33-20(8-5-11-23(33)22-10-4-7-16-6-2-3-9-21(16)22)15-32-19-13-17(24(26,27)28)12-18(14-19)25(29,30)31;3*1-3-2;/h2-14H,1,15H2;3*1-2H3;/q4*-1;+4/b23-22+;;;;. The molecule has 5 nitrogen and oxygen atoms in total. The second-order valence-electron chi connectivity index (χ2n) is 8.78. The van der Waals surface area contributed by atoms with Gasteiger partial charge in [0.1, 0.15) is 6.72 Å². The Bertz CT molecular complexity index is 1370. The maximum Gasteiger partial charge on any atom is 4.00 e. The fraction of sp³-hybridized carbons (Fsp3) is 0.290. The van der Waals surface area contributed by atoms with Crippen molar-refractivity contribution in [3.05, 3.63) is 141 Å². The van der Waals surface area contributed by atoms with Crippen molar-refractivity contribution in [1.82, 2.24) is 0 Å². The van der Waals surface area contributed by atoms with Crippen molar-refractivity contribution in [3.8, 4) is 0 Å². The monoisotopic (exact) mass is 771 g/mol. The maximum atomic E-state index is 13.1. The predicted octanol–water partition coefficient (Wildman–Crippen LogP) is 8.03. The summed E-state index contributed by atoms with van der Waals surface area (Å²) in [6.45, 7) is 3.87. The molecule has 1 aromatic heterocycles. The Morgan fingerprint density at radius 3 is 1.77 bits per heavy atom. The van der Waals surface area contributed by atoms with E-state index in [1.807, 2.05) is 48.9 Å². The molecule has 3 aromatic rings. The summed E-state index contributed by atoms with van der Waals surface area (Å²) in [4.78, 5) is 0. The fourth-order valence-corrected chi connectivity index (χ4v) is 3.61. The van der Waals surface area contributed by atoms with Crippen molar-refractivity contribution in [3.63, 3.8) is 0 Å². The van der Waals surface area contributed by atoms with Gasteiger partial charge in [0.2, 0.25) is 0 Å². The predicted molar refractivity (Wildman–Crippen MR) is 157 cm³/mol. The summed E-state index contributed by atoms with van der Waals surface area (Å²) >= 11 is 0. The van der Waals surface area contributed by atoms with E-state index < -0.39 is 29.2 Å². The van der Waals surface area contributed by atoms with E-state index in [0.29, 0.717) is 17.8 Å². The van der Waals surface area contributed by atoms with E-state index in [1.165, 1.54) is 0 Å². The first-order valence-electron chi connectivity index (χ1n) is 12.5. The molecule has 2 aromatic carbocycles. The SMILES string of the molecule is C=[n+]1c(C[N-]c2cc(C(F)(F)F)cc(C(F)(F)F)c2)ccc/c1=C1/C=C[CH-]c2ccccc21.C[N-]C.C[N-]C.C[N-]C.[Hf+4]. The molecule has 0 radical (unpaired) electrons. The number of alkyl halides is 6. The Labute approximate surface area is 268 Å². The summed E-state index contributed by atoms with van der Waals surface area (Å²) in [6, 6.07) is 14.3. The van der Waals surface area contributed by atoms with Crippen LogP contribution in [0.4, 0.5) is 32.0 Å². The first-order chi connectivity index (χ1) is 19.8. The van der Waals surface area contributed by atoms with E-state index in [4.69, 9.17) is 0 Å². The number of halogens is 6. The summed E-state index contributed by atoms with van der Waals surface area (Å²) in [5.41, 5.74) is 0.210. The molecule has 0 atom stereocenters. The molecule has 12 heteroatoms. The molecule has 43 heavy (non-hydrogen) atoms. The minimum Gasteiger partial charge on any atom is -0.676 e. The molecule has 230 valence electrons. The average Bonchev–Trinajstić information content (AvgIpc) is 2.92. The van der Waals surface area contributed by atoms with Gasteiger partial charge in [-0.05, 0) is 24.3 Å². The molecule has 0 bridgehead atoms. The minimum atomic E-state index is -4.92. The van der Waals surface area contributed by atoms with E-state index in [9.17, 15) is 26.3 Å². The molecule has 0 spiro atoms. The van der Waals surface area contributed by atoms with E-state index in [1.54, 1.807) is 58.7 Å². The number of pyridine rings is 1. The van der Waals surface area contributed by atoms with Crippen LogP contribution in [0.1, 0.15) is 27.9 Å². The number of nitrogens with zero attached hydrogens (tertiary/aromatic N) is 5. The van der Waals surface area contributed by atoms with E-state index in [-0.39, 0.29) is 38.5 Å². The number of benzene rings is 2. The molecule has 0 aliphatic heterocycles. The van der Waals surface area contributed by atoms with Crippen LogP contribution in [0.5, 0.6) is 0 Å². The number of fused-ring (bicyclic) bond motifs is 1. The van der Waals surface area contributed by atoms with Crippen molar-refractivity contribution in [2.45, 2.75) is 18.9 Å². The Morgan fingerprint density at radius 1 is 0.744 bits per heavy atom. The third-order valence-electron chi connectivity index (χ3n) is 5.24. The van der Waals surface area contributed by atoms with E-state index in [0.717, 1.165) is 22.0 Å². The van der Waals surface area contributed by atoms with Crippen LogP contribution in [-0.2, 0) is 44.7 Å². The van der Waals surface area contributed by atoms with Gasteiger partial charge in [0.25, 0.3) is 0 Å². The van der Waals surface area contributed by atoms with Crippen LogP contribution in [0.3, 0.4) is 0 Å². The molecule has 0 N–H and O–H groups in total. The van der Waals surface area contributed by atoms with Gasteiger partial charge < -0.3 is 21.3 Å². The van der Waals surface area contributed by atoms with Crippen LogP contribution < -0.4 is 9.59 Å². The number of allylic oxidation sites excluding steroid dienone is 2. The van der Waals surface area contributed by atoms with Crippen LogP contribution in [0.15, 0.2) is 72.8 Å². The maximum absolute atomic E-state index is 13.1. The molecular formula is C31H35F6HfN5. The third kappa shape index (κ3) is 12.7. The summed E-state index contributed by atoms with van der Waals surface area (Å²) in [6.07, 6.45) is -4.06. The summed E-state index contributed by atoms with van der Waals surface area (Å²) in [5.74, 6) is 0.